The van der Waals surface area contributed by atoms with Crippen molar-refractivity contribution in [3.8, 4) is 11.5 Å². The van der Waals surface area contributed by atoms with Gasteiger partial charge in [-0.2, -0.15) is 34.1 Å². The molecular weight excluding hydrogens is 1980 g/mol. The molecule has 8 amide bonds. The summed E-state index contributed by atoms with van der Waals surface area (Å²) in [5.74, 6) is -11.3. The first-order valence-corrected chi connectivity index (χ1v) is 48.5. The summed E-state index contributed by atoms with van der Waals surface area (Å²) in [5, 5.41) is 56.5. The molecule has 0 heterocycles. The maximum absolute atomic E-state index is 15.1. The number of hydrogen-bond acceptors (Lipinski definition) is 30. The number of rotatable bonds is 47. The van der Waals surface area contributed by atoms with Crippen LogP contribution in [0.1, 0.15) is 171 Å². The molecule has 794 valence electrons. The van der Waals surface area contributed by atoms with Crippen molar-refractivity contribution in [3.63, 3.8) is 0 Å². The van der Waals surface area contributed by atoms with Gasteiger partial charge in [-0.15, -0.1) is 9.98 Å². The largest absolute Gasteiger partial charge is 0.481 e. The third-order valence-corrected chi connectivity index (χ3v) is 22.9. The average Bonchev–Trinajstić information content (AvgIpc) is 0.778. The summed E-state index contributed by atoms with van der Waals surface area (Å²) >= 11 is 0. The van der Waals surface area contributed by atoms with Crippen LogP contribution in [0.4, 0.5) is 40.1 Å². The Morgan fingerprint density at radius 3 is 0.959 bits per heavy atom. The van der Waals surface area contributed by atoms with E-state index in [9.17, 15) is 87.5 Å². The van der Waals surface area contributed by atoms with E-state index in [1.165, 1.54) is 146 Å². The molecule has 0 saturated carbocycles. The number of hydrogen-bond donors (Lipinski definition) is 10. The number of esters is 2. The van der Waals surface area contributed by atoms with Crippen LogP contribution in [-0.2, 0) is 126 Å². The molecule has 10 N–H and O–H groups in total. The second kappa shape index (κ2) is 55.4. The smallest absolute Gasteiger partial charge is 0.437 e. The van der Waals surface area contributed by atoms with E-state index in [0.717, 1.165) is 0 Å². The second-order valence-corrected chi connectivity index (χ2v) is 39.7. The zero-order chi connectivity index (χ0) is 109. The summed E-state index contributed by atoms with van der Waals surface area (Å²) in [6, 6.07) is 43.3. The van der Waals surface area contributed by atoms with E-state index in [1.807, 2.05) is 0 Å². The van der Waals surface area contributed by atoms with Gasteiger partial charge in [0, 0.05) is 48.7 Å². The lowest BCUT2D eigenvalue weighted by molar-refractivity contribution is -0.148. The normalized spacial score (nSPS) is 12.3. The third-order valence-electron chi connectivity index (χ3n) is 19.3. The number of carbonyl (C=O) groups is 14. The molecule has 0 bridgehead atoms. The van der Waals surface area contributed by atoms with E-state index in [0.29, 0.717) is 11.1 Å². The van der Waals surface area contributed by atoms with Crippen molar-refractivity contribution in [1.82, 2.24) is 38.5 Å². The van der Waals surface area contributed by atoms with Gasteiger partial charge in [0.1, 0.15) is 59.2 Å². The fraction of sp³-hybridized carbons (Fsp3) is 0.360. The molecule has 0 aromatic heterocycles. The standard InChI is InChI=1S/C100H118N12O34S2/c1-97(2,3)143-91(125)105-89(106-92(126)144-98(4,5)6)103-75-37-33-71(34-38-75)87(123)141-77-41-29-65(30-42-77)59-111(95(129)139-63-67-21-15-13-16-22-67)147(131,132)109(79(85(119)120)57-81(113)114)61-69-25-19-27-73(55-69)83(117)101-45-47-135-49-51-137-53-54-138-52-50-136-48-46-102-84(118)74-28-20-26-70(56-74)62-110(80(86(121)122)58-82(115)116)148(133,134)112(96(130)140-64-68-23-17-14-18-24-68)60-66-31-43-78(44-32-66)142-88(124)72-35-39-76(40-36-72)104-90(107-93(127)145-99(7,8)9)108-94(128)146-100(10,11)12/h13-44,55-56,79-80H,45-54,57-64H2,1-12H3,(H,101,117)(H,102,118)(H,113,114)(H,115,116)(H,119,120)(H,121,122)(H2,103,105,106,125,126)(H2,104,107,108,127,128). The highest BCUT2D eigenvalue weighted by molar-refractivity contribution is 7.87. The number of anilines is 2. The van der Waals surface area contributed by atoms with E-state index in [4.69, 9.17) is 56.8 Å². The third kappa shape index (κ3) is 41.3. The fourth-order valence-corrected chi connectivity index (χ4v) is 16.0. The highest BCUT2D eigenvalue weighted by Crippen LogP contribution is 2.30. The van der Waals surface area contributed by atoms with E-state index in [-0.39, 0.29) is 162 Å². The van der Waals surface area contributed by atoms with Gasteiger partial charge in [0.2, 0.25) is 11.9 Å². The van der Waals surface area contributed by atoms with Crippen molar-refractivity contribution in [1.29, 1.82) is 0 Å². The Labute approximate surface area is 853 Å². The van der Waals surface area contributed by atoms with Crippen molar-refractivity contribution in [2.24, 2.45) is 9.98 Å². The number of aliphatic carboxylic acids is 4. The second-order valence-electron chi connectivity index (χ2n) is 36.1. The molecule has 8 rings (SSSR count). The number of guanidine groups is 2. The molecular formula is C100H118N12O34S2. The van der Waals surface area contributed by atoms with Gasteiger partial charge >= 0.3 is 92.8 Å². The number of benzene rings is 8. The number of amides is 8. The van der Waals surface area contributed by atoms with Gasteiger partial charge in [-0.25, -0.2) is 38.4 Å². The number of aliphatic imine (C=N–C) groups is 2. The molecule has 0 aliphatic carbocycles. The minimum atomic E-state index is -5.47. The van der Waals surface area contributed by atoms with E-state index >= 15 is 16.8 Å². The van der Waals surface area contributed by atoms with Gasteiger partial charge in [0.15, 0.2) is 0 Å². The first kappa shape index (κ1) is 117. The maximum atomic E-state index is 15.1. The first-order chi connectivity index (χ1) is 69.7. The molecule has 0 fully saturated rings. The predicted octanol–water partition coefficient (Wildman–Crippen LogP) is 12.4. The van der Waals surface area contributed by atoms with Gasteiger partial charge in [-0.05, 0) is 214 Å². The van der Waals surface area contributed by atoms with Crippen molar-refractivity contribution in [2.75, 3.05) is 76.6 Å². The molecule has 8 aromatic carbocycles. The lowest BCUT2D eigenvalue weighted by atomic mass is 10.1. The summed E-state index contributed by atoms with van der Waals surface area (Å²) in [5.41, 5.74) is -2.38. The summed E-state index contributed by atoms with van der Waals surface area (Å²) in [7, 11) is -10.9. The van der Waals surface area contributed by atoms with E-state index < -0.39 is 191 Å². The minimum Gasteiger partial charge on any atom is -0.481 e. The molecule has 2 atom stereocenters. The molecule has 46 nitrogen and oxygen atoms in total. The van der Waals surface area contributed by atoms with Gasteiger partial charge in [-0.1, -0.05) is 109 Å². The van der Waals surface area contributed by atoms with E-state index in [1.54, 1.807) is 144 Å². The summed E-state index contributed by atoms with van der Waals surface area (Å²) in [4.78, 5) is 191. The minimum absolute atomic E-state index is 0.00692. The maximum Gasteiger partial charge on any atom is 0.437 e. The zero-order valence-corrected chi connectivity index (χ0v) is 84.7. The van der Waals surface area contributed by atoms with Gasteiger partial charge < -0.3 is 98.5 Å². The Morgan fingerprint density at radius 2 is 0.655 bits per heavy atom. The van der Waals surface area contributed by atoms with Crippen LogP contribution in [0, 0.1) is 0 Å². The van der Waals surface area contributed by atoms with Crippen molar-refractivity contribution in [3.05, 3.63) is 262 Å². The van der Waals surface area contributed by atoms with Crippen LogP contribution in [0.25, 0.3) is 0 Å². The Balaban J connectivity index is 0.798. The Hall–Kier alpha value is -15.9. The first-order valence-electron chi connectivity index (χ1n) is 45.7. The van der Waals surface area contributed by atoms with Gasteiger partial charge in [0.25, 0.3) is 11.8 Å². The quantitative estimate of drug-likeness (QED) is 0.00423. The SMILES string of the molecule is CC(C)(C)OC(=O)N=C(NC(=O)OC(C)(C)C)Nc1ccc(C(=O)Oc2ccc(CN(C(=O)OCc3ccccc3)S(=O)(=O)N(Cc3cccc(C(=O)NCCOCCOCCOCCOCCNC(=O)c4cccc(CN(C(CC(=O)O)C(=O)O)S(=O)(=O)N(Cc5ccc(OC(=O)c6ccc(NC(=NC(=O)OC(C)(C)C)NC(=O)OC(C)(C)C)cc6)cc5)C(=O)OCc5ccccc5)c4)c3)C(CC(=O)O)C(=O)O)cc2)cc1. The Bertz CT molecular complexity index is 5860. The van der Waals surface area contributed by atoms with Crippen molar-refractivity contribution < 1.29 is 161 Å². The lowest BCUT2D eigenvalue weighted by Crippen LogP contribution is -2.53. The Kier molecular flexibility index (Phi) is 44.0. The number of nitrogens with one attached hydrogen (secondary N) is 6. The van der Waals surface area contributed by atoms with Crippen LogP contribution in [-0.4, -0.2) is 251 Å². The summed E-state index contributed by atoms with van der Waals surface area (Å²) in [6.07, 6.45) is -9.60. The zero-order valence-electron chi connectivity index (χ0n) is 83.0. The molecule has 0 aliphatic heterocycles. The van der Waals surface area contributed by atoms with Crippen molar-refractivity contribution in [2.45, 2.75) is 170 Å². The van der Waals surface area contributed by atoms with E-state index in [2.05, 4.69) is 41.9 Å². The van der Waals surface area contributed by atoms with Crippen LogP contribution < -0.4 is 41.4 Å². The lowest BCUT2D eigenvalue weighted by Gasteiger charge is -2.32. The number of carbonyl (C=O) groups excluding carboxylic acids is 10. The molecule has 0 saturated heterocycles. The predicted molar refractivity (Wildman–Crippen MR) is 530 cm³/mol. The molecule has 0 aliphatic rings. The number of carboxylic acids is 4. The number of alkyl carbamates (subject to hydrolysis) is 2. The highest BCUT2D eigenvalue weighted by Gasteiger charge is 2.45. The number of carboxylic acid groups (broad SMARTS) is 4. The average molecular weight is 2100 g/mol. The molecule has 8 aromatic rings. The number of nitrogens with zero attached hydrogens (tertiary/aromatic N) is 6. The van der Waals surface area contributed by atoms with Crippen molar-refractivity contribution >= 4 is 128 Å². The highest BCUT2D eigenvalue weighted by atomic mass is 32.2. The van der Waals surface area contributed by atoms with Gasteiger partial charge in [-0.3, -0.25) is 39.4 Å². The Morgan fingerprint density at radius 1 is 0.345 bits per heavy atom. The van der Waals surface area contributed by atoms with Crippen LogP contribution in [0.2, 0.25) is 0 Å². The molecule has 0 spiro atoms. The number of ether oxygens (including phenoxy) is 12. The topological polar surface area (TPSA) is 609 Å². The summed E-state index contributed by atoms with van der Waals surface area (Å²) in [6.45, 7) is 15.4. The molecule has 0 radical (unpaired) electrons. The summed E-state index contributed by atoms with van der Waals surface area (Å²) < 4.78 is 127. The molecule has 148 heavy (non-hydrogen) atoms. The van der Waals surface area contributed by atoms with Crippen LogP contribution >= 0.6 is 0 Å². The monoisotopic (exact) mass is 2090 g/mol. The van der Waals surface area contributed by atoms with Crippen LogP contribution in [0.3, 0.4) is 0 Å². The molecule has 48 heteroatoms. The van der Waals surface area contributed by atoms with Gasteiger partial charge in [0.05, 0.1) is 89.9 Å². The fourth-order valence-electron chi connectivity index (χ4n) is 12.8. The van der Waals surface area contributed by atoms with Crippen LogP contribution in [0.15, 0.2) is 216 Å². The van der Waals surface area contributed by atoms with Crippen LogP contribution in [0.5, 0.6) is 11.5 Å². The molecule has 2 unspecified atom stereocenters.